The zero-order valence-electron chi connectivity index (χ0n) is 9.81. The van der Waals surface area contributed by atoms with Gasteiger partial charge < -0.3 is 4.90 Å². The molecule has 2 rings (SSSR count). The first-order valence-corrected chi connectivity index (χ1v) is 6.08. The molecule has 0 saturated carbocycles. The van der Waals surface area contributed by atoms with Gasteiger partial charge in [-0.2, -0.15) is 0 Å². The summed E-state index contributed by atoms with van der Waals surface area (Å²) in [5, 5.41) is 0.773. The highest BCUT2D eigenvalue weighted by molar-refractivity contribution is 6.30. The van der Waals surface area contributed by atoms with E-state index in [4.69, 9.17) is 11.6 Å². The molecule has 0 saturated heterocycles. The first-order chi connectivity index (χ1) is 8.29. The molecule has 0 atom stereocenters. The van der Waals surface area contributed by atoms with Gasteiger partial charge in [0.05, 0.1) is 0 Å². The molecule has 0 amide bonds. The Morgan fingerprint density at radius 1 is 1.12 bits per heavy atom. The van der Waals surface area contributed by atoms with Gasteiger partial charge in [0, 0.05) is 24.3 Å². The number of anilines is 1. The predicted molar refractivity (Wildman–Crippen MR) is 72.4 cm³/mol. The van der Waals surface area contributed by atoms with Crippen molar-refractivity contribution in [3.05, 3.63) is 59.2 Å². The second-order valence-corrected chi connectivity index (χ2v) is 4.27. The summed E-state index contributed by atoms with van der Waals surface area (Å²) in [5.41, 5.74) is 1.24. The average molecular weight is 247 g/mol. The van der Waals surface area contributed by atoms with Crippen LogP contribution in [0.15, 0.2) is 48.7 Å². The van der Waals surface area contributed by atoms with E-state index in [-0.39, 0.29) is 0 Å². The molecule has 0 spiro atoms. The Morgan fingerprint density at radius 3 is 2.47 bits per heavy atom. The van der Waals surface area contributed by atoms with Gasteiger partial charge in [-0.15, -0.1) is 0 Å². The minimum Gasteiger partial charge on any atom is -0.353 e. The van der Waals surface area contributed by atoms with Crippen molar-refractivity contribution in [2.75, 3.05) is 11.4 Å². The second kappa shape index (κ2) is 5.69. The molecular weight excluding hydrogens is 232 g/mol. The predicted octanol–water partition coefficient (Wildman–Crippen LogP) is 3.76. The molecule has 0 radical (unpaired) electrons. The molecule has 17 heavy (non-hydrogen) atoms. The second-order valence-electron chi connectivity index (χ2n) is 3.83. The monoisotopic (exact) mass is 246 g/mol. The molecule has 0 aliphatic rings. The highest BCUT2D eigenvalue weighted by Crippen LogP contribution is 2.15. The van der Waals surface area contributed by atoms with Crippen LogP contribution in [0.1, 0.15) is 12.5 Å². The summed E-state index contributed by atoms with van der Waals surface area (Å²) in [7, 11) is 0. The maximum atomic E-state index is 5.87. The van der Waals surface area contributed by atoms with E-state index in [1.807, 2.05) is 48.7 Å². The fourth-order valence-corrected chi connectivity index (χ4v) is 1.83. The van der Waals surface area contributed by atoms with Crippen LogP contribution in [0, 0.1) is 0 Å². The van der Waals surface area contributed by atoms with Crippen molar-refractivity contribution in [2.24, 2.45) is 0 Å². The van der Waals surface area contributed by atoms with Crippen LogP contribution in [-0.2, 0) is 6.54 Å². The topological polar surface area (TPSA) is 16.1 Å². The molecule has 0 aliphatic heterocycles. The molecule has 1 aromatic carbocycles. The van der Waals surface area contributed by atoms with Crippen LogP contribution >= 0.6 is 11.6 Å². The zero-order valence-corrected chi connectivity index (χ0v) is 10.6. The van der Waals surface area contributed by atoms with Gasteiger partial charge in [0.2, 0.25) is 0 Å². The number of aromatic nitrogens is 1. The van der Waals surface area contributed by atoms with Gasteiger partial charge in [-0.1, -0.05) is 29.8 Å². The van der Waals surface area contributed by atoms with E-state index in [9.17, 15) is 0 Å². The summed E-state index contributed by atoms with van der Waals surface area (Å²) >= 11 is 5.87. The molecule has 0 bridgehead atoms. The van der Waals surface area contributed by atoms with Gasteiger partial charge in [0.15, 0.2) is 0 Å². The third kappa shape index (κ3) is 3.21. The van der Waals surface area contributed by atoms with Gasteiger partial charge in [0.1, 0.15) is 5.82 Å². The molecule has 0 fully saturated rings. The van der Waals surface area contributed by atoms with E-state index in [1.54, 1.807) is 0 Å². The number of rotatable bonds is 4. The molecule has 0 unspecified atom stereocenters. The van der Waals surface area contributed by atoms with Crippen molar-refractivity contribution in [1.82, 2.24) is 4.98 Å². The van der Waals surface area contributed by atoms with Gasteiger partial charge in [-0.25, -0.2) is 4.98 Å². The number of halogens is 1. The van der Waals surface area contributed by atoms with Crippen LogP contribution < -0.4 is 4.90 Å². The van der Waals surface area contributed by atoms with Crippen LogP contribution in [0.3, 0.4) is 0 Å². The van der Waals surface area contributed by atoms with Crippen molar-refractivity contribution in [2.45, 2.75) is 13.5 Å². The number of benzene rings is 1. The molecule has 3 heteroatoms. The van der Waals surface area contributed by atoms with Crippen LogP contribution in [0.4, 0.5) is 5.82 Å². The van der Waals surface area contributed by atoms with Gasteiger partial charge in [0.25, 0.3) is 0 Å². The molecule has 2 aromatic rings. The Kier molecular flexibility index (Phi) is 3.99. The lowest BCUT2D eigenvalue weighted by atomic mass is 10.2. The summed E-state index contributed by atoms with van der Waals surface area (Å²) < 4.78 is 0. The molecule has 2 nitrogen and oxygen atoms in total. The average Bonchev–Trinajstić information content (AvgIpc) is 2.39. The number of pyridine rings is 1. The first kappa shape index (κ1) is 11.9. The lowest BCUT2D eigenvalue weighted by molar-refractivity contribution is 0.814. The Morgan fingerprint density at radius 2 is 1.88 bits per heavy atom. The Hall–Kier alpha value is -1.54. The van der Waals surface area contributed by atoms with Crippen molar-refractivity contribution >= 4 is 17.4 Å². The van der Waals surface area contributed by atoms with E-state index in [1.165, 1.54) is 5.56 Å². The zero-order chi connectivity index (χ0) is 12.1. The standard InChI is InChI=1S/C14H15ClN2/c1-2-17(14-5-3-4-10-16-14)11-12-6-8-13(15)9-7-12/h3-10H,2,11H2,1H3. The van der Waals surface area contributed by atoms with Crippen LogP contribution in [0.5, 0.6) is 0 Å². The fourth-order valence-electron chi connectivity index (χ4n) is 1.71. The quantitative estimate of drug-likeness (QED) is 0.817. The van der Waals surface area contributed by atoms with E-state index in [0.29, 0.717) is 0 Å². The summed E-state index contributed by atoms with van der Waals surface area (Å²) in [5.74, 6) is 1.00. The largest absolute Gasteiger partial charge is 0.353 e. The highest BCUT2D eigenvalue weighted by atomic mass is 35.5. The Labute approximate surface area is 107 Å². The molecule has 1 heterocycles. The maximum Gasteiger partial charge on any atom is 0.128 e. The smallest absolute Gasteiger partial charge is 0.128 e. The fraction of sp³-hybridized carbons (Fsp3) is 0.214. The van der Waals surface area contributed by atoms with Crippen molar-refractivity contribution in [1.29, 1.82) is 0 Å². The number of hydrogen-bond acceptors (Lipinski definition) is 2. The third-order valence-corrected chi connectivity index (χ3v) is 2.89. The summed E-state index contributed by atoms with van der Waals surface area (Å²) in [4.78, 5) is 6.59. The van der Waals surface area contributed by atoms with E-state index in [0.717, 1.165) is 23.9 Å². The molecule has 0 aliphatic carbocycles. The van der Waals surface area contributed by atoms with Crippen molar-refractivity contribution in [3.63, 3.8) is 0 Å². The maximum absolute atomic E-state index is 5.87. The molecular formula is C14H15ClN2. The Balaban J connectivity index is 2.13. The summed E-state index contributed by atoms with van der Waals surface area (Å²) in [6.45, 7) is 3.91. The summed E-state index contributed by atoms with van der Waals surface area (Å²) in [6, 6.07) is 13.9. The normalized spacial score (nSPS) is 10.2. The Bertz CT molecular complexity index is 453. The minimum atomic E-state index is 0.773. The number of hydrogen-bond donors (Lipinski definition) is 0. The highest BCUT2D eigenvalue weighted by Gasteiger charge is 2.05. The first-order valence-electron chi connectivity index (χ1n) is 5.70. The lowest BCUT2D eigenvalue weighted by Crippen LogP contribution is -2.22. The van der Waals surface area contributed by atoms with Gasteiger partial charge in [-0.05, 0) is 36.8 Å². The summed E-state index contributed by atoms with van der Waals surface area (Å²) in [6.07, 6.45) is 1.82. The molecule has 88 valence electrons. The van der Waals surface area contributed by atoms with E-state index in [2.05, 4.69) is 16.8 Å². The number of nitrogens with zero attached hydrogens (tertiary/aromatic N) is 2. The van der Waals surface area contributed by atoms with Gasteiger partial charge in [-0.3, -0.25) is 0 Å². The van der Waals surface area contributed by atoms with E-state index < -0.39 is 0 Å². The van der Waals surface area contributed by atoms with E-state index >= 15 is 0 Å². The van der Waals surface area contributed by atoms with Crippen molar-refractivity contribution in [3.8, 4) is 0 Å². The third-order valence-electron chi connectivity index (χ3n) is 2.64. The minimum absolute atomic E-state index is 0.773. The van der Waals surface area contributed by atoms with Gasteiger partial charge >= 0.3 is 0 Å². The van der Waals surface area contributed by atoms with Crippen molar-refractivity contribution < 1.29 is 0 Å². The lowest BCUT2D eigenvalue weighted by Gasteiger charge is -2.21. The SMILES string of the molecule is CCN(Cc1ccc(Cl)cc1)c1ccccn1. The van der Waals surface area contributed by atoms with Crippen LogP contribution in [0.2, 0.25) is 5.02 Å². The molecule has 0 N–H and O–H groups in total. The van der Waals surface area contributed by atoms with Crippen LogP contribution in [0.25, 0.3) is 0 Å². The molecule has 1 aromatic heterocycles. The van der Waals surface area contributed by atoms with Crippen LogP contribution in [-0.4, -0.2) is 11.5 Å².